The second kappa shape index (κ2) is 6.80. The molecular formula is C15H20ClNO2. The molecule has 0 radical (unpaired) electrons. The lowest BCUT2D eigenvalue weighted by atomic mass is 9.89. The van der Waals surface area contributed by atoms with Crippen LogP contribution in [0.25, 0.3) is 0 Å². The maximum atomic E-state index is 12.0. The molecule has 1 aliphatic rings. The van der Waals surface area contributed by atoms with Gasteiger partial charge in [-0.05, 0) is 49.4 Å². The van der Waals surface area contributed by atoms with E-state index in [-0.39, 0.29) is 11.3 Å². The van der Waals surface area contributed by atoms with Crippen molar-refractivity contribution in [2.75, 3.05) is 13.7 Å². The number of alkyl halides is 1. The van der Waals surface area contributed by atoms with Gasteiger partial charge in [0, 0.05) is 17.5 Å². The van der Waals surface area contributed by atoms with Crippen molar-refractivity contribution in [2.24, 2.45) is 5.92 Å². The Kier molecular flexibility index (Phi) is 5.08. The van der Waals surface area contributed by atoms with Crippen LogP contribution in [0.15, 0.2) is 24.3 Å². The maximum absolute atomic E-state index is 12.0. The molecule has 1 aliphatic carbocycles. The Morgan fingerprint density at radius 1 is 1.37 bits per heavy atom. The van der Waals surface area contributed by atoms with E-state index in [4.69, 9.17) is 16.3 Å². The van der Waals surface area contributed by atoms with Crippen molar-refractivity contribution < 1.29 is 9.53 Å². The SMILES string of the molecule is COc1ccc(C(=O)NCC2CCCC(Cl)C2)cc1. The van der Waals surface area contributed by atoms with Crippen molar-refractivity contribution in [3.63, 3.8) is 0 Å². The Labute approximate surface area is 119 Å². The van der Waals surface area contributed by atoms with Crippen molar-refractivity contribution in [2.45, 2.75) is 31.1 Å². The molecule has 0 saturated heterocycles. The highest BCUT2D eigenvalue weighted by Gasteiger charge is 2.20. The quantitative estimate of drug-likeness (QED) is 0.861. The first-order valence-electron chi connectivity index (χ1n) is 6.75. The molecule has 0 aliphatic heterocycles. The predicted molar refractivity (Wildman–Crippen MR) is 76.9 cm³/mol. The number of halogens is 1. The van der Waals surface area contributed by atoms with Crippen molar-refractivity contribution >= 4 is 17.5 Å². The fourth-order valence-corrected chi connectivity index (χ4v) is 2.90. The molecule has 2 unspecified atom stereocenters. The van der Waals surface area contributed by atoms with Crippen LogP contribution in [0.4, 0.5) is 0 Å². The van der Waals surface area contributed by atoms with Crippen LogP contribution in [-0.4, -0.2) is 24.9 Å². The van der Waals surface area contributed by atoms with Gasteiger partial charge in [-0.15, -0.1) is 11.6 Å². The molecule has 1 aromatic rings. The molecule has 19 heavy (non-hydrogen) atoms. The Bertz CT molecular complexity index is 419. The molecule has 4 heteroatoms. The van der Waals surface area contributed by atoms with E-state index in [9.17, 15) is 4.79 Å². The Balaban J connectivity index is 1.83. The van der Waals surface area contributed by atoms with Gasteiger partial charge in [0.25, 0.3) is 5.91 Å². The predicted octanol–water partition coefficient (Wildman–Crippen LogP) is 3.22. The normalized spacial score (nSPS) is 22.8. The summed E-state index contributed by atoms with van der Waals surface area (Å²) >= 11 is 6.15. The van der Waals surface area contributed by atoms with Crippen LogP contribution in [0.1, 0.15) is 36.0 Å². The molecule has 3 nitrogen and oxygen atoms in total. The van der Waals surface area contributed by atoms with E-state index in [0.29, 0.717) is 18.0 Å². The maximum Gasteiger partial charge on any atom is 0.251 e. The lowest BCUT2D eigenvalue weighted by Crippen LogP contribution is -2.32. The summed E-state index contributed by atoms with van der Waals surface area (Å²) < 4.78 is 5.07. The molecular weight excluding hydrogens is 262 g/mol. The van der Waals surface area contributed by atoms with E-state index >= 15 is 0 Å². The summed E-state index contributed by atoms with van der Waals surface area (Å²) in [7, 11) is 1.61. The van der Waals surface area contributed by atoms with E-state index < -0.39 is 0 Å². The number of rotatable bonds is 4. The second-order valence-electron chi connectivity index (χ2n) is 5.07. The molecule has 1 N–H and O–H groups in total. The first-order valence-corrected chi connectivity index (χ1v) is 7.19. The summed E-state index contributed by atoms with van der Waals surface area (Å²) in [5.74, 6) is 1.24. The molecule has 2 rings (SSSR count). The average Bonchev–Trinajstić information content (AvgIpc) is 2.45. The number of benzene rings is 1. The van der Waals surface area contributed by atoms with Crippen molar-refractivity contribution in [3.05, 3.63) is 29.8 Å². The largest absolute Gasteiger partial charge is 0.497 e. The van der Waals surface area contributed by atoms with E-state index in [1.165, 1.54) is 0 Å². The zero-order chi connectivity index (χ0) is 13.7. The third-order valence-electron chi connectivity index (χ3n) is 3.62. The lowest BCUT2D eigenvalue weighted by Gasteiger charge is -2.25. The Morgan fingerprint density at radius 3 is 2.74 bits per heavy atom. The van der Waals surface area contributed by atoms with Crippen LogP contribution in [0, 0.1) is 5.92 Å². The number of ether oxygens (including phenoxy) is 1. The molecule has 2 atom stereocenters. The van der Waals surface area contributed by atoms with Gasteiger partial charge in [0.15, 0.2) is 0 Å². The number of carbonyl (C=O) groups is 1. The number of methoxy groups -OCH3 is 1. The van der Waals surface area contributed by atoms with Crippen molar-refractivity contribution in [1.29, 1.82) is 0 Å². The summed E-state index contributed by atoms with van der Waals surface area (Å²) in [6.07, 6.45) is 4.43. The lowest BCUT2D eigenvalue weighted by molar-refractivity contribution is 0.0943. The van der Waals surface area contributed by atoms with Gasteiger partial charge in [-0.1, -0.05) is 6.42 Å². The van der Waals surface area contributed by atoms with Gasteiger partial charge in [0.1, 0.15) is 5.75 Å². The highest BCUT2D eigenvalue weighted by Crippen LogP contribution is 2.27. The summed E-state index contributed by atoms with van der Waals surface area (Å²) in [6.45, 7) is 0.716. The number of hydrogen-bond acceptors (Lipinski definition) is 2. The van der Waals surface area contributed by atoms with Crippen LogP contribution in [0.2, 0.25) is 0 Å². The first kappa shape index (κ1) is 14.2. The molecule has 0 bridgehead atoms. The standard InChI is InChI=1S/C15H20ClNO2/c1-19-14-7-5-12(6-8-14)15(18)17-10-11-3-2-4-13(16)9-11/h5-8,11,13H,2-4,9-10H2,1H3,(H,17,18). The molecule has 1 amide bonds. The number of amides is 1. The fraction of sp³-hybridized carbons (Fsp3) is 0.533. The average molecular weight is 282 g/mol. The van der Waals surface area contributed by atoms with Gasteiger partial charge in [-0.25, -0.2) is 0 Å². The van der Waals surface area contributed by atoms with E-state index in [0.717, 1.165) is 31.4 Å². The van der Waals surface area contributed by atoms with Crippen LogP contribution in [0.5, 0.6) is 5.75 Å². The van der Waals surface area contributed by atoms with Crippen LogP contribution in [-0.2, 0) is 0 Å². The molecule has 1 aromatic carbocycles. The van der Waals surface area contributed by atoms with E-state index in [1.54, 1.807) is 31.4 Å². The minimum absolute atomic E-state index is 0.0284. The smallest absolute Gasteiger partial charge is 0.251 e. The Morgan fingerprint density at radius 2 is 2.11 bits per heavy atom. The topological polar surface area (TPSA) is 38.3 Å². The number of carbonyl (C=O) groups excluding carboxylic acids is 1. The van der Waals surface area contributed by atoms with Gasteiger partial charge in [0.2, 0.25) is 0 Å². The van der Waals surface area contributed by atoms with Gasteiger partial charge >= 0.3 is 0 Å². The van der Waals surface area contributed by atoms with Gasteiger partial charge < -0.3 is 10.1 Å². The van der Waals surface area contributed by atoms with Crippen LogP contribution >= 0.6 is 11.6 Å². The summed E-state index contributed by atoms with van der Waals surface area (Å²) in [5, 5.41) is 3.26. The van der Waals surface area contributed by atoms with E-state index in [2.05, 4.69) is 5.32 Å². The van der Waals surface area contributed by atoms with E-state index in [1.807, 2.05) is 0 Å². The molecule has 104 valence electrons. The van der Waals surface area contributed by atoms with Crippen LogP contribution in [0.3, 0.4) is 0 Å². The summed E-state index contributed by atoms with van der Waals surface area (Å²) in [5.41, 5.74) is 0.666. The minimum Gasteiger partial charge on any atom is -0.497 e. The third kappa shape index (κ3) is 4.13. The first-order chi connectivity index (χ1) is 9.19. The van der Waals surface area contributed by atoms with Gasteiger partial charge in [-0.2, -0.15) is 0 Å². The fourth-order valence-electron chi connectivity index (χ4n) is 2.49. The van der Waals surface area contributed by atoms with Gasteiger partial charge in [0.05, 0.1) is 7.11 Å². The Hall–Kier alpha value is -1.22. The molecule has 0 aromatic heterocycles. The molecule has 1 fully saturated rings. The third-order valence-corrected chi connectivity index (χ3v) is 4.02. The minimum atomic E-state index is -0.0284. The second-order valence-corrected chi connectivity index (χ2v) is 5.69. The van der Waals surface area contributed by atoms with Crippen molar-refractivity contribution in [1.82, 2.24) is 5.32 Å². The zero-order valence-corrected chi connectivity index (χ0v) is 12.0. The highest BCUT2D eigenvalue weighted by atomic mass is 35.5. The number of nitrogens with one attached hydrogen (secondary N) is 1. The monoisotopic (exact) mass is 281 g/mol. The van der Waals surface area contributed by atoms with Gasteiger partial charge in [-0.3, -0.25) is 4.79 Å². The molecule has 1 saturated carbocycles. The highest BCUT2D eigenvalue weighted by molar-refractivity contribution is 6.20. The van der Waals surface area contributed by atoms with Crippen molar-refractivity contribution in [3.8, 4) is 5.75 Å². The summed E-state index contributed by atoms with van der Waals surface area (Å²) in [4.78, 5) is 12.0. The molecule has 0 heterocycles. The van der Waals surface area contributed by atoms with Crippen LogP contribution < -0.4 is 10.1 Å². The number of hydrogen-bond donors (Lipinski definition) is 1. The zero-order valence-electron chi connectivity index (χ0n) is 11.2. The molecule has 0 spiro atoms. The summed E-state index contributed by atoms with van der Waals surface area (Å²) in [6, 6.07) is 7.15.